The van der Waals surface area contributed by atoms with Crippen molar-refractivity contribution in [3.05, 3.63) is 82.5 Å². The van der Waals surface area contributed by atoms with Crippen molar-refractivity contribution < 1.29 is 9.18 Å². The average Bonchev–Trinajstić information content (AvgIpc) is 3.10. The molecule has 5 heteroatoms. The fraction of sp³-hybridized carbons (Fsp3) is 0.0476. The van der Waals surface area contributed by atoms with E-state index in [9.17, 15) is 14.4 Å². The molecule has 0 aliphatic heterocycles. The highest BCUT2D eigenvalue weighted by Crippen LogP contribution is 2.31. The number of para-hydroxylation sites is 1. The number of hydrogen-bond donors (Lipinski definition) is 1. The van der Waals surface area contributed by atoms with Gasteiger partial charge in [0.25, 0.3) is 5.91 Å². The van der Waals surface area contributed by atoms with E-state index in [1.54, 1.807) is 36.4 Å². The fourth-order valence-corrected chi connectivity index (χ4v) is 3.41. The smallest absolute Gasteiger partial charge is 0.266 e. The molecule has 128 valence electrons. The summed E-state index contributed by atoms with van der Waals surface area (Å²) in [6, 6.07) is 19.3. The van der Waals surface area contributed by atoms with Crippen LogP contribution in [0.25, 0.3) is 16.5 Å². The highest BCUT2D eigenvalue weighted by atomic mass is 32.1. The number of rotatable bonds is 4. The van der Waals surface area contributed by atoms with Gasteiger partial charge in [-0.3, -0.25) is 4.79 Å². The topological polar surface area (TPSA) is 52.9 Å². The number of carbonyl (C=O) groups excluding carboxylic acids is 1. The second-order valence-corrected chi connectivity index (χ2v) is 6.74. The molecule has 1 aromatic heterocycles. The molecule has 1 N–H and O–H groups in total. The van der Waals surface area contributed by atoms with Crippen LogP contribution in [0.1, 0.15) is 10.4 Å². The van der Waals surface area contributed by atoms with Gasteiger partial charge in [-0.15, -0.1) is 11.3 Å². The zero-order valence-corrected chi connectivity index (χ0v) is 14.8. The molecule has 0 saturated heterocycles. The Labute approximate surface area is 155 Å². The predicted molar refractivity (Wildman–Crippen MR) is 103 cm³/mol. The van der Waals surface area contributed by atoms with Crippen molar-refractivity contribution in [2.24, 2.45) is 0 Å². The molecule has 0 atom stereocenters. The summed E-state index contributed by atoms with van der Waals surface area (Å²) in [4.78, 5) is 13.8. The number of benzene rings is 2. The number of nitriles is 1. The van der Waals surface area contributed by atoms with Gasteiger partial charge in [-0.05, 0) is 42.8 Å². The van der Waals surface area contributed by atoms with Gasteiger partial charge in [0.15, 0.2) is 0 Å². The molecule has 0 aliphatic carbocycles. The van der Waals surface area contributed by atoms with Crippen molar-refractivity contribution in [1.29, 1.82) is 5.26 Å². The molecule has 3 nitrogen and oxygen atoms in total. The zero-order chi connectivity index (χ0) is 18.5. The Morgan fingerprint density at radius 3 is 2.58 bits per heavy atom. The molecule has 0 saturated carbocycles. The van der Waals surface area contributed by atoms with Crippen molar-refractivity contribution in [3.63, 3.8) is 0 Å². The molecule has 1 heterocycles. The van der Waals surface area contributed by atoms with Gasteiger partial charge in [0.2, 0.25) is 0 Å². The van der Waals surface area contributed by atoms with E-state index in [2.05, 4.69) is 5.32 Å². The van der Waals surface area contributed by atoms with Crippen LogP contribution in [-0.2, 0) is 4.79 Å². The molecule has 0 aliphatic rings. The van der Waals surface area contributed by atoms with Crippen molar-refractivity contribution in [2.75, 3.05) is 5.32 Å². The first-order chi connectivity index (χ1) is 12.6. The highest BCUT2D eigenvalue weighted by molar-refractivity contribution is 7.16. The third-order valence-corrected chi connectivity index (χ3v) is 4.88. The number of halogens is 1. The minimum atomic E-state index is -0.470. The van der Waals surface area contributed by atoms with E-state index in [1.165, 1.54) is 23.5 Å². The number of amides is 1. The average molecular weight is 362 g/mol. The third kappa shape index (κ3) is 3.88. The van der Waals surface area contributed by atoms with Crippen LogP contribution in [0.5, 0.6) is 0 Å². The Balaban J connectivity index is 1.84. The van der Waals surface area contributed by atoms with E-state index in [-0.39, 0.29) is 11.4 Å². The molecule has 0 unspecified atom stereocenters. The molecule has 1 amide bonds. The van der Waals surface area contributed by atoms with Crippen molar-refractivity contribution in [1.82, 2.24) is 0 Å². The fourth-order valence-electron chi connectivity index (χ4n) is 2.43. The largest absolute Gasteiger partial charge is 0.321 e. The first kappa shape index (κ1) is 17.6. The van der Waals surface area contributed by atoms with E-state index < -0.39 is 5.91 Å². The van der Waals surface area contributed by atoms with Crippen LogP contribution < -0.4 is 5.32 Å². The number of thiophene rings is 1. The van der Waals surface area contributed by atoms with E-state index >= 15 is 0 Å². The molecule has 26 heavy (non-hydrogen) atoms. The Bertz CT molecular complexity index is 1030. The summed E-state index contributed by atoms with van der Waals surface area (Å²) in [5, 5.41) is 12.1. The second-order valence-electron chi connectivity index (χ2n) is 5.62. The van der Waals surface area contributed by atoms with Crippen LogP contribution in [0.4, 0.5) is 10.1 Å². The third-order valence-electron chi connectivity index (χ3n) is 3.81. The maximum Gasteiger partial charge on any atom is 0.266 e. The normalized spacial score (nSPS) is 11.0. The molecule has 0 fully saturated rings. The summed E-state index contributed by atoms with van der Waals surface area (Å²) >= 11 is 1.32. The number of nitrogens with zero attached hydrogens (tertiary/aromatic N) is 1. The number of anilines is 1. The molecule has 3 aromatic rings. The highest BCUT2D eigenvalue weighted by Gasteiger charge is 2.12. The standard InChI is InChI=1S/C21H15FN2OS/c1-14-6-2-5-9-19(14)24-21(25)15(13-23)12-16-10-11-20(26-16)17-7-3-4-8-18(17)22/h2-12H,1H3,(H,24,25)/b15-12+. The molecular weight excluding hydrogens is 347 g/mol. The lowest BCUT2D eigenvalue weighted by molar-refractivity contribution is -0.112. The van der Waals surface area contributed by atoms with Crippen molar-refractivity contribution in [3.8, 4) is 16.5 Å². The van der Waals surface area contributed by atoms with Crippen LogP contribution in [0, 0.1) is 24.1 Å². The maximum absolute atomic E-state index is 13.9. The number of carbonyl (C=O) groups is 1. The Kier molecular flexibility index (Phi) is 5.26. The van der Waals surface area contributed by atoms with Gasteiger partial charge in [0, 0.05) is 21.0 Å². The van der Waals surface area contributed by atoms with Crippen molar-refractivity contribution in [2.45, 2.75) is 6.92 Å². The molecule has 3 rings (SSSR count). The molecule has 0 radical (unpaired) electrons. The lowest BCUT2D eigenvalue weighted by Gasteiger charge is -2.06. The first-order valence-electron chi connectivity index (χ1n) is 7.92. The van der Waals surface area contributed by atoms with Crippen molar-refractivity contribution >= 4 is 29.0 Å². The maximum atomic E-state index is 13.9. The lowest BCUT2D eigenvalue weighted by Crippen LogP contribution is -2.14. The summed E-state index contributed by atoms with van der Waals surface area (Å²) in [6.45, 7) is 1.88. The number of hydrogen-bond acceptors (Lipinski definition) is 3. The van der Waals surface area contributed by atoms with E-state index in [4.69, 9.17) is 0 Å². The van der Waals surface area contributed by atoms with Gasteiger partial charge in [-0.1, -0.05) is 36.4 Å². The van der Waals surface area contributed by atoms with Gasteiger partial charge in [0.1, 0.15) is 17.5 Å². The van der Waals surface area contributed by atoms with Gasteiger partial charge < -0.3 is 5.32 Å². The van der Waals surface area contributed by atoms with Crippen LogP contribution in [0.2, 0.25) is 0 Å². The van der Waals surface area contributed by atoms with Gasteiger partial charge in [-0.2, -0.15) is 5.26 Å². The van der Waals surface area contributed by atoms with E-state index in [1.807, 2.05) is 31.2 Å². The van der Waals surface area contributed by atoms with E-state index in [0.717, 1.165) is 10.4 Å². The van der Waals surface area contributed by atoms with Gasteiger partial charge in [-0.25, -0.2) is 4.39 Å². The summed E-state index contributed by atoms with van der Waals surface area (Å²) in [7, 11) is 0. The summed E-state index contributed by atoms with van der Waals surface area (Å²) < 4.78 is 13.9. The summed E-state index contributed by atoms with van der Waals surface area (Å²) in [5.41, 5.74) is 2.07. The number of nitrogens with one attached hydrogen (secondary N) is 1. The Hall–Kier alpha value is -3.23. The molecule has 0 spiro atoms. The SMILES string of the molecule is Cc1ccccc1NC(=O)/C(C#N)=C/c1ccc(-c2ccccc2F)s1. The quantitative estimate of drug-likeness (QED) is 0.498. The minimum Gasteiger partial charge on any atom is -0.321 e. The second kappa shape index (κ2) is 7.77. The van der Waals surface area contributed by atoms with Gasteiger partial charge >= 0.3 is 0 Å². The summed E-state index contributed by atoms with van der Waals surface area (Å²) in [6.07, 6.45) is 1.52. The molecule has 2 aromatic carbocycles. The molecule has 0 bridgehead atoms. The van der Waals surface area contributed by atoms with Gasteiger partial charge in [0.05, 0.1) is 0 Å². The van der Waals surface area contributed by atoms with Crippen LogP contribution in [0.3, 0.4) is 0 Å². The molecular formula is C21H15FN2OS. The van der Waals surface area contributed by atoms with Crippen LogP contribution >= 0.6 is 11.3 Å². The first-order valence-corrected chi connectivity index (χ1v) is 8.73. The lowest BCUT2D eigenvalue weighted by atomic mass is 10.1. The zero-order valence-electron chi connectivity index (χ0n) is 14.0. The van der Waals surface area contributed by atoms with E-state index in [0.29, 0.717) is 16.1 Å². The minimum absolute atomic E-state index is 0.00446. The predicted octanol–water partition coefficient (Wildman–Crippen LogP) is 5.41. The van der Waals surface area contributed by atoms with Crippen LogP contribution in [0.15, 0.2) is 66.2 Å². The Morgan fingerprint density at radius 2 is 1.85 bits per heavy atom. The monoisotopic (exact) mass is 362 g/mol. The number of aryl methyl sites for hydroxylation is 1. The summed E-state index contributed by atoms with van der Waals surface area (Å²) in [5.74, 6) is -0.773. The Morgan fingerprint density at radius 1 is 1.12 bits per heavy atom. The van der Waals surface area contributed by atoms with Crippen LogP contribution in [-0.4, -0.2) is 5.91 Å².